The summed E-state index contributed by atoms with van der Waals surface area (Å²) in [6.07, 6.45) is 11.0. The van der Waals surface area contributed by atoms with E-state index in [0.29, 0.717) is 49.7 Å². The summed E-state index contributed by atoms with van der Waals surface area (Å²) in [7, 11) is 0. The van der Waals surface area contributed by atoms with Gasteiger partial charge < -0.3 is 30.7 Å². The second-order valence-electron chi connectivity index (χ2n) is 10.4. The fourth-order valence-corrected chi connectivity index (χ4v) is 5.98. The van der Waals surface area contributed by atoms with E-state index in [2.05, 4.69) is 10.6 Å². The van der Waals surface area contributed by atoms with Crippen molar-refractivity contribution in [2.45, 2.75) is 115 Å². The van der Waals surface area contributed by atoms with E-state index < -0.39 is 11.6 Å². The van der Waals surface area contributed by atoms with Crippen LogP contribution in [0.5, 0.6) is 0 Å². The molecule has 0 bridgehead atoms. The van der Waals surface area contributed by atoms with Crippen molar-refractivity contribution in [3.63, 3.8) is 0 Å². The van der Waals surface area contributed by atoms with Gasteiger partial charge in [-0.15, -0.1) is 0 Å². The van der Waals surface area contributed by atoms with Crippen molar-refractivity contribution in [3.05, 3.63) is 0 Å². The normalized spacial score (nSPS) is 32.9. The molecule has 0 amide bonds. The van der Waals surface area contributed by atoms with Crippen LogP contribution in [0.2, 0.25) is 0 Å². The van der Waals surface area contributed by atoms with Crippen molar-refractivity contribution < 1.29 is 24.9 Å². The zero-order valence-corrected chi connectivity index (χ0v) is 20.1. The number of carboxylic acids is 1. The predicted molar refractivity (Wildman–Crippen MR) is 125 cm³/mol. The minimum absolute atomic E-state index is 0.121. The third-order valence-electron chi connectivity index (χ3n) is 7.83. The van der Waals surface area contributed by atoms with E-state index >= 15 is 0 Å². The number of hydrogen-bond acceptors (Lipinski definition) is 6. The second kappa shape index (κ2) is 13.6. The van der Waals surface area contributed by atoms with Crippen molar-refractivity contribution >= 4 is 12.3 Å². The summed E-state index contributed by atoms with van der Waals surface area (Å²) in [4.78, 5) is 22.4. The third kappa shape index (κ3) is 8.73. The number of unbranched alkanes of at least 4 members (excludes halogenated alkanes) is 2. The lowest BCUT2D eigenvalue weighted by Crippen LogP contribution is -2.53. The van der Waals surface area contributed by atoms with Gasteiger partial charge in [-0.2, -0.15) is 0 Å². The van der Waals surface area contributed by atoms with E-state index in [1.54, 1.807) is 0 Å². The quantitative estimate of drug-likeness (QED) is 0.202. The Bertz CT molecular complexity index is 575. The molecule has 2 fully saturated rings. The largest absolute Gasteiger partial charge is 0.481 e. The fraction of sp³-hybridized carbons (Fsp3) is 0.920. The molecule has 5 N–H and O–H groups in total. The Balaban J connectivity index is 1.75. The monoisotopic (exact) mass is 454 g/mol. The summed E-state index contributed by atoms with van der Waals surface area (Å²) in [5.41, 5.74) is -1.17. The molecule has 32 heavy (non-hydrogen) atoms. The van der Waals surface area contributed by atoms with Crippen LogP contribution in [0.1, 0.15) is 90.9 Å². The van der Waals surface area contributed by atoms with Crippen LogP contribution in [0, 0.1) is 17.8 Å². The number of aldehydes is 1. The number of carbonyl (C=O) groups excluding carboxylic acids is 1. The van der Waals surface area contributed by atoms with E-state index in [-0.39, 0.29) is 18.6 Å². The number of aliphatic hydroxyl groups excluding tert-OH is 1. The molecule has 7 heteroatoms. The van der Waals surface area contributed by atoms with Gasteiger partial charge >= 0.3 is 5.97 Å². The van der Waals surface area contributed by atoms with Crippen LogP contribution in [0.15, 0.2) is 0 Å². The summed E-state index contributed by atoms with van der Waals surface area (Å²) in [5, 5.41) is 36.4. The lowest BCUT2D eigenvalue weighted by Gasteiger charge is -2.44. The SMILES string of the molecule is CCNCC(O)(CCCCCC1CCC(C2CCC(O)C(C)N2)C(CC=O)C1)CC(=O)O. The minimum atomic E-state index is -1.17. The lowest BCUT2D eigenvalue weighted by atomic mass is 9.67. The van der Waals surface area contributed by atoms with E-state index in [0.717, 1.165) is 57.7 Å². The predicted octanol–water partition coefficient (Wildman–Crippen LogP) is 2.88. The zero-order valence-electron chi connectivity index (χ0n) is 20.1. The number of rotatable bonds is 14. The van der Waals surface area contributed by atoms with Crippen molar-refractivity contribution in [2.75, 3.05) is 13.1 Å². The smallest absolute Gasteiger partial charge is 0.306 e. The van der Waals surface area contributed by atoms with Gasteiger partial charge in [0.05, 0.1) is 18.1 Å². The molecule has 186 valence electrons. The van der Waals surface area contributed by atoms with Gasteiger partial charge in [0.15, 0.2) is 0 Å². The number of aliphatic carboxylic acids is 1. The van der Waals surface area contributed by atoms with Crippen LogP contribution in [-0.2, 0) is 9.59 Å². The molecule has 1 saturated heterocycles. The standard InChI is InChI=1S/C25H46N2O5/c1-3-26-17-25(32,16-24(30)31)13-6-4-5-7-19-8-9-21(20(15-19)12-14-28)22-10-11-23(29)18(2)27-22/h14,18-23,26-27,29,32H,3-13,15-17H2,1-2H3,(H,30,31). The average Bonchev–Trinajstić information content (AvgIpc) is 2.74. The summed E-state index contributed by atoms with van der Waals surface area (Å²) >= 11 is 0. The number of hydrogen-bond donors (Lipinski definition) is 5. The van der Waals surface area contributed by atoms with Crippen LogP contribution in [-0.4, -0.2) is 64.5 Å². The van der Waals surface area contributed by atoms with Gasteiger partial charge in [-0.25, -0.2) is 0 Å². The maximum absolute atomic E-state index is 11.3. The third-order valence-corrected chi connectivity index (χ3v) is 7.83. The van der Waals surface area contributed by atoms with Crippen LogP contribution in [0.3, 0.4) is 0 Å². The first-order valence-electron chi connectivity index (χ1n) is 12.8. The molecule has 0 aromatic heterocycles. The molecule has 2 rings (SSSR count). The van der Waals surface area contributed by atoms with Crippen molar-refractivity contribution in [1.82, 2.24) is 10.6 Å². The Hall–Kier alpha value is -1.02. The lowest BCUT2D eigenvalue weighted by molar-refractivity contribution is -0.142. The molecule has 2 aliphatic rings. The van der Waals surface area contributed by atoms with Crippen LogP contribution >= 0.6 is 0 Å². The van der Waals surface area contributed by atoms with Crippen LogP contribution in [0.4, 0.5) is 0 Å². The zero-order chi connectivity index (χ0) is 23.6. The first kappa shape index (κ1) is 27.2. The molecule has 1 saturated carbocycles. The highest BCUT2D eigenvalue weighted by atomic mass is 16.4. The van der Waals surface area contributed by atoms with E-state index in [4.69, 9.17) is 5.11 Å². The van der Waals surface area contributed by atoms with E-state index in [1.807, 2.05) is 13.8 Å². The van der Waals surface area contributed by atoms with Gasteiger partial charge in [0, 0.05) is 25.0 Å². The van der Waals surface area contributed by atoms with Gasteiger partial charge in [0.25, 0.3) is 0 Å². The highest BCUT2D eigenvalue weighted by Gasteiger charge is 2.38. The van der Waals surface area contributed by atoms with Gasteiger partial charge in [0.2, 0.25) is 0 Å². The summed E-state index contributed by atoms with van der Waals surface area (Å²) in [6, 6.07) is 0.526. The molecule has 7 unspecified atom stereocenters. The molecule has 0 radical (unpaired) electrons. The molecule has 7 atom stereocenters. The Labute approximate surface area is 193 Å². The van der Waals surface area contributed by atoms with E-state index in [9.17, 15) is 19.8 Å². The summed E-state index contributed by atoms with van der Waals surface area (Å²) in [6.45, 7) is 5.02. The van der Waals surface area contributed by atoms with Crippen molar-refractivity contribution in [2.24, 2.45) is 17.8 Å². The maximum atomic E-state index is 11.3. The number of nitrogens with one attached hydrogen (secondary N) is 2. The summed E-state index contributed by atoms with van der Waals surface area (Å²) in [5.74, 6) is 0.623. The molecule has 0 spiro atoms. The van der Waals surface area contributed by atoms with Crippen molar-refractivity contribution in [3.8, 4) is 0 Å². The molecule has 0 aromatic rings. The first-order chi connectivity index (χ1) is 15.3. The average molecular weight is 455 g/mol. The van der Waals surface area contributed by atoms with Gasteiger partial charge in [-0.05, 0) is 63.3 Å². The number of carbonyl (C=O) groups is 2. The minimum Gasteiger partial charge on any atom is -0.481 e. The number of piperidine rings is 1. The molecular weight excluding hydrogens is 408 g/mol. The molecule has 7 nitrogen and oxygen atoms in total. The Morgan fingerprint density at radius 1 is 1.19 bits per heavy atom. The molecule has 1 aliphatic heterocycles. The second-order valence-corrected chi connectivity index (χ2v) is 10.4. The van der Waals surface area contributed by atoms with Crippen molar-refractivity contribution in [1.29, 1.82) is 0 Å². The fourth-order valence-electron chi connectivity index (χ4n) is 5.98. The van der Waals surface area contributed by atoms with Crippen LogP contribution < -0.4 is 10.6 Å². The first-order valence-corrected chi connectivity index (χ1v) is 12.8. The number of aliphatic hydroxyl groups is 2. The maximum Gasteiger partial charge on any atom is 0.306 e. The topological polar surface area (TPSA) is 119 Å². The van der Waals surface area contributed by atoms with Gasteiger partial charge in [-0.1, -0.05) is 39.0 Å². The molecule has 1 aliphatic carbocycles. The number of likely N-dealkylation sites (N-methyl/N-ethyl adjacent to an activating group) is 1. The van der Waals surface area contributed by atoms with Crippen LogP contribution in [0.25, 0.3) is 0 Å². The Kier molecular flexibility index (Phi) is 11.6. The molecule has 1 heterocycles. The van der Waals surface area contributed by atoms with E-state index in [1.165, 1.54) is 6.42 Å². The molecular formula is C25H46N2O5. The molecule has 0 aromatic carbocycles. The summed E-state index contributed by atoms with van der Waals surface area (Å²) < 4.78 is 0. The Morgan fingerprint density at radius 3 is 2.62 bits per heavy atom. The highest BCUT2D eigenvalue weighted by Crippen LogP contribution is 2.41. The van der Waals surface area contributed by atoms with Gasteiger partial charge in [-0.3, -0.25) is 4.79 Å². The van der Waals surface area contributed by atoms with Gasteiger partial charge in [0.1, 0.15) is 6.29 Å². The number of carboxylic acid groups (broad SMARTS) is 1. The highest BCUT2D eigenvalue weighted by molar-refractivity contribution is 5.68. The Morgan fingerprint density at radius 2 is 1.97 bits per heavy atom.